The molecule has 0 fully saturated rings. The van der Waals surface area contributed by atoms with Crippen molar-refractivity contribution in [1.29, 1.82) is 0 Å². The van der Waals surface area contributed by atoms with Gasteiger partial charge >= 0.3 is 0 Å². The molecule has 0 saturated carbocycles. The van der Waals surface area contributed by atoms with E-state index in [1.165, 1.54) is 12.1 Å². The number of pyridine rings is 1. The molecule has 3 N–H and O–H groups in total. The molecule has 154 valence electrons. The lowest BCUT2D eigenvalue weighted by atomic mass is 10.0. The van der Waals surface area contributed by atoms with Gasteiger partial charge in [0.05, 0.1) is 5.69 Å². The lowest BCUT2D eigenvalue weighted by molar-refractivity contribution is -0.117. The number of likely N-dealkylation sites (N-methyl/N-ethyl adjacent to an activating group) is 1. The predicted molar refractivity (Wildman–Crippen MR) is 118 cm³/mol. The van der Waals surface area contributed by atoms with Crippen LogP contribution in [0.25, 0.3) is 16.2 Å². The summed E-state index contributed by atoms with van der Waals surface area (Å²) in [6.07, 6.45) is 4.22. The number of halogens is 1. The average molecular weight is 425 g/mol. The number of carbonyl (C=O) groups excluding carboxylic acids is 2. The van der Waals surface area contributed by atoms with E-state index in [2.05, 4.69) is 20.9 Å². The smallest absolute Gasteiger partial charge is 0.247 e. The van der Waals surface area contributed by atoms with Crippen molar-refractivity contribution in [3.05, 3.63) is 57.9 Å². The van der Waals surface area contributed by atoms with E-state index in [9.17, 15) is 14.0 Å². The van der Waals surface area contributed by atoms with Crippen molar-refractivity contribution in [3.8, 4) is 0 Å². The molecule has 4 rings (SSSR count). The van der Waals surface area contributed by atoms with E-state index in [1.807, 2.05) is 13.0 Å². The van der Waals surface area contributed by atoms with Gasteiger partial charge in [-0.25, -0.2) is 9.37 Å². The molecule has 6 nitrogen and oxygen atoms in total. The molecule has 3 aromatic rings. The lowest BCUT2D eigenvalue weighted by Gasteiger charge is -2.09. The van der Waals surface area contributed by atoms with Gasteiger partial charge in [0, 0.05) is 47.8 Å². The van der Waals surface area contributed by atoms with Crippen molar-refractivity contribution < 1.29 is 14.0 Å². The summed E-state index contributed by atoms with van der Waals surface area (Å²) in [6, 6.07) is 6.62. The number of amides is 2. The van der Waals surface area contributed by atoms with E-state index in [0.717, 1.165) is 31.8 Å². The SMILES string of the molecule is CNC(=O)C(=Cc1cnc2c(c1)NCCC(=O)N2)Cc1sc2ccc(F)cc2c1C. The molecule has 3 heterocycles. The zero-order valence-electron chi connectivity index (χ0n) is 16.6. The number of nitrogens with zero attached hydrogens (tertiary/aromatic N) is 1. The molecule has 2 aromatic heterocycles. The number of nitrogens with one attached hydrogen (secondary N) is 3. The van der Waals surface area contributed by atoms with E-state index < -0.39 is 0 Å². The number of hydrogen-bond donors (Lipinski definition) is 3. The minimum absolute atomic E-state index is 0.0836. The van der Waals surface area contributed by atoms with Gasteiger partial charge in [0.15, 0.2) is 5.82 Å². The summed E-state index contributed by atoms with van der Waals surface area (Å²) < 4.78 is 14.6. The summed E-state index contributed by atoms with van der Waals surface area (Å²) in [5.41, 5.74) is 3.03. The standard InChI is InChI=1S/C22H21FN4O2S/c1-12-16-10-15(23)3-4-18(16)30-19(12)9-14(22(29)24-2)7-13-8-17-21(26-11-13)27-20(28)5-6-25-17/h3-4,7-8,10-11,25H,5-6,9H2,1-2H3,(H,24,29)(H,26,27,28). The largest absolute Gasteiger partial charge is 0.382 e. The fourth-order valence-corrected chi connectivity index (χ4v) is 4.66. The van der Waals surface area contributed by atoms with Crippen molar-refractivity contribution in [1.82, 2.24) is 10.3 Å². The van der Waals surface area contributed by atoms with Crippen LogP contribution in [0.1, 0.15) is 22.4 Å². The van der Waals surface area contributed by atoms with E-state index >= 15 is 0 Å². The van der Waals surface area contributed by atoms with Gasteiger partial charge < -0.3 is 16.0 Å². The normalized spacial score (nSPS) is 14.0. The van der Waals surface area contributed by atoms with E-state index in [-0.39, 0.29) is 17.6 Å². The predicted octanol–water partition coefficient (Wildman–Crippen LogP) is 3.87. The molecular formula is C22H21FN4O2S. The fraction of sp³-hybridized carbons (Fsp3) is 0.227. The van der Waals surface area contributed by atoms with E-state index in [0.29, 0.717) is 30.8 Å². The first kappa shape index (κ1) is 20.0. The molecule has 30 heavy (non-hydrogen) atoms. The van der Waals surface area contributed by atoms with Crippen LogP contribution >= 0.6 is 11.3 Å². The zero-order valence-corrected chi connectivity index (χ0v) is 17.5. The number of aromatic nitrogens is 1. The van der Waals surface area contributed by atoms with Crippen LogP contribution in [0.4, 0.5) is 15.9 Å². The third-order valence-electron chi connectivity index (χ3n) is 5.04. The van der Waals surface area contributed by atoms with Crippen molar-refractivity contribution in [2.24, 2.45) is 0 Å². The number of hydrogen-bond acceptors (Lipinski definition) is 5. The van der Waals surface area contributed by atoms with Gasteiger partial charge in [-0.1, -0.05) is 0 Å². The van der Waals surface area contributed by atoms with Crippen molar-refractivity contribution >= 4 is 50.8 Å². The van der Waals surface area contributed by atoms with Gasteiger partial charge in [-0.15, -0.1) is 11.3 Å². The van der Waals surface area contributed by atoms with Gasteiger partial charge in [0.2, 0.25) is 11.8 Å². The van der Waals surface area contributed by atoms with Crippen LogP contribution in [0.2, 0.25) is 0 Å². The molecule has 2 amide bonds. The van der Waals surface area contributed by atoms with Crippen LogP contribution < -0.4 is 16.0 Å². The molecule has 0 spiro atoms. The Morgan fingerprint density at radius 3 is 3.00 bits per heavy atom. The maximum absolute atomic E-state index is 13.6. The molecule has 0 aliphatic carbocycles. The zero-order chi connectivity index (χ0) is 21.3. The van der Waals surface area contributed by atoms with Crippen molar-refractivity contribution in [2.45, 2.75) is 19.8 Å². The number of thiophene rings is 1. The Morgan fingerprint density at radius 2 is 2.20 bits per heavy atom. The number of fused-ring (bicyclic) bond motifs is 2. The Kier molecular flexibility index (Phi) is 5.50. The molecule has 1 aromatic carbocycles. The Balaban J connectivity index is 1.69. The first-order valence-electron chi connectivity index (χ1n) is 9.58. The Bertz CT molecular complexity index is 1190. The Morgan fingerprint density at radius 1 is 1.37 bits per heavy atom. The maximum atomic E-state index is 13.6. The number of anilines is 2. The summed E-state index contributed by atoms with van der Waals surface area (Å²) in [5.74, 6) is -0.0554. The highest BCUT2D eigenvalue weighted by atomic mass is 32.1. The van der Waals surface area contributed by atoms with Crippen molar-refractivity contribution in [3.63, 3.8) is 0 Å². The Hall–Kier alpha value is -3.26. The van der Waals surface area contributed by atoms with Gasteiger partial charge in [-0.3, -0.25) is 9.59 Å². The molecule has 0 unspecified atom stereocenters. The average Bonchev–Trinajstić information content (AvgIpc) is 2.91. The second-order valence-corrected chi connectivity index (χ2v) is 8.24. The van der Waals surface area contributed by atoms with Gasteiger partial charge in [0.1, 0.15) is 5.82 Å². The molecule has 8 heteroatoms. The monoisotopic (exact) mass is 424 g/mol. The van der Waals surface area contributed by atoms with Crippen LogP contribution in [0.5, 0.6) is 0 Å². The van der Waals surface area contributed by atoms with Crippen LogP contribution in [-0.2, 0) is 16.0 Å². The van der Waals surface area contributed by atoms with E-state index in [1.54, 1.807) is 36.7 Å². The molecule has 0 atom stereocenters. The van der Waals surface area contributed by atoms with Gasteiger partial charge in [-0.05, 0) is 53.8 Å². The van der Waals surface area contributed by atoms with Gasteiger partial charge in [-0.2, -0.15) is 0 Å². The number of benzene rings is 1. The van der Waals surface area contributed by atoms with Crippen molar-refractivity contribution in [2.75, 3.05) is 24.2 Å². The molecule has 0 saturated heterocycles. The van der Waals surface area contributed by atoms with Crippen LogP contribution in [-0.4, -0.2) is 30.4 Å². The van der Waals surface area contributed by atoms with Crippen LogP contribution in [0.15, 0.2) is 36.0 Å². The molecular weight excluding hydrogens is 403 g/mol. The summed E-state index contributed by atoms with van der Waals surface area (Å²) in [5, 5.41) is 9.51. The molecule has 1 aliphatic rings. The molecule has 1 aliphatic heterocycles. The maximum Gasteiger partial charge on any atom is 0.247 e. The summed E-state index contributed by atoms with van der Waals surface area (Å²) in [7, 11) is 1.59. The van der Waals surface area contributed by atoms with Crippen LogP contribution in [0.3, 0.4) is 0 Å². The number of aryl methyl sites for hydroxylation is 1. The quantitative estimate of drug-likeness (QED) is 0.555. The molecule has 0 bridgehead atoms. The first-order valence-corrected chi connectivity index (χ1v) is 10.4. The minimum atomic E-state index is -0.271. The minimum Gasteiger partial charge on any atom is -0.382 e. The summed E-state index contributed by atoms with van der Waals surface area (Å²) in [4.78, 5) is 29.6. The lowest BCUT2D eigenvalue weighted by Crippen LogP contribution is -2.21. The second kappa shape index (κ2) is 8.23. The third-order valence-corrected chi connectivity index (χ3v) is 6.31. The van der Waals surface area contributed by atoms with E-state index in [4.69, 9.17) is 0 Å². The summed E-state index contributed by atoms with van der Waals surface area (Å²) in [6.45, 7) is 2.47. The third kappa shape index (κ3) is 4.04. The number of rotatable bonds is 4. The van der Waals surface area contributed by atoms with Gasteiger partial charge in [0.25, 0.3) is 0 Å². The topological polar surface area (TPSA) is 83.1 Å². The first-order chi connectivity index (χ1) is 14.4. The van der Waals surface area contributed by atoms with Crippen LogP contribution in [0, 0.1) is 12.7 Å². The highest BCUT2D eigenvalue weighted by molar-refractivity contribution is 7.19. The molecule has 0 radical (unpaired) electrons. The summed E-state index contributed by atoms with van der Waals surface area (Å²) >= 11 is 1.56. The fourth-order valence-electron chi connectivity index (χ4n) is 3.44. The highest BCUT2D eigenvalue weighted by Crippen LogP contribution is 2.33. The second-order valence-electron chi connectivity index (χ2n) is 7.11. The Labute approximate surface area is 177 Å². The number of carbonyl (C=O) groups is 2. The highest BCUT2D eigenvalue weighted by Gasteiger charge is 2.17.